The molecule has 3 aliphatic rings. The summed E-state index contributed by atoms with van der Waals surface area (Å²) in [5.74, 6) is 3.52. The highest BCUT2D eigenvalue weighted by Crippen LogP contribution is 2.65. The Kier molecular flexibility index (Phi) is 0.810. The van der Waals surface area contributed by atoms with Gasteiger partial charge in [-0.1, -0.05) is 6.92 Å². The van der Waals surface area contributed by atoms with Gasteiger partial charge >= 0.3 is 0 Å². The van der Waals surface area contributed by atoms with E-state index in [1.807, 2.05) is 0 Å². The Bertz CT molecular complexity index is 173. The molecule has 4 atom stereocenters. The van der Waals surface area contributed by atoms with Crippen molar-refractivity contribution >= 4 is 0 Å². The Labute approximate surface area is 63.0 Å². The molecule has 0 heterocycles. The molecule has 0 aromatic heterocycles. The molecule has 0 saturated heterocycles. The lowest BCUT2D eigenvalue weighted by Crippen LogP contribution is -2.40. The van der Waals surface area contributed by atoms with Crippen molar-refractivity contribution in [3.8, 4) is 0 Å². The zero-order chi connectivity index (χ0) is 6.77. The van der Waals surface area contributed by atoms with Gasteiger partial charge in [0.15, 0.2) is 0 Å². The van der Waals surface area contributed by atoms with Crippen LogP contribution in [0.2, 0.25) is 0 Å². The quantitative estimate of drug-likeness (QED) is 0.480. The zero-order valence-electron chi connectivity index (χ0n) is 6.77. The van der Waals surface area contributed by atoms with Crippen LogP contribution >= 0.6 is 0 Å². The first-order valence-electron chi connectivity index (χ1n) is 4.78. The summed E-state index contributed by atoms with van der Waals surface area (Å²) in [6.07, 6.45) is 7.87. The van der Waals surface area contributed by atoms with Crippen LogP contribution < -0.4 is 0 Å². The van der Waals surface area contributed by atoms with Gasteiger partial charge in [-0.05, 0) is 55.3 Å². The molecule has 0 aliphatic heterocycles. The van der Waals surface area contributed by atoms with Gasteiger partial charge in [0.25, 0.3) is 0 Å². The minimum atomic E-state index is 0.831. The lowest BCUT2D eigenvalue weighted by Gasteiger charge is -2.50. The lowest BCUT2D eigenvalue weighted by atomic mass is 9.55. The molecule has 56 valence electrons. The van der Waals surface area contributed by atoms with E-state index >= 15 is 0 Å². The molecular formula is C10H16. The van der Waals surface area contributed by atoms with E-state index in [1.54, 1.807) is 32.1 Å². The number of hydrogen-bond acceptors (Lipinski definition) is 0. The van der Waals surface area contributed by atoms with E-state index in [0.717, 1.165) is 11.3 Å². The van der Waals surface area contributed by atoms with Crippen molar-refractivity contribution in [1.82, 2.24) is 0 Å². The highest BCUT2D eigenvalue weighted by Gasteiger charge is 2.55. The second-order valence-corrected chi connectivity index (χ2v) is 5.09. The van der Waals surface area contributed by atoms with Crippen LogP contribution in [0.3, 0.4) is 0 Å². The van der Waals surface area contributed by atoms with Gasteiger partial charge in [-0.3, -0.25) is 0 Å². The number of rotatable bonds is 0. The van der Waals surface area contributed by atoms with Crippen LogP contribution in [0, 0.1) is 23.2 Å². The Balaban J connectivity index is 1.85. The summed E-state index contributed by atoms with van der Waals surface area (Å²) in [5, 5.41) is 0. The van der Waals surface area contributed by atoms with Crippen molar-refractivity contribution in [2.24, 2.45) is 23.2 Å². The second-order valence-electron chi connectivity index (χ2n) is 5.09. The molecule has 0 spiro atoms. The molecule has 0 bridgehead atoms. The van der Waals surface area contributed by atoms with E-state index in [1.165, 1.54) is 11.8 Å². The molecule has 3 saturated carbocycles. The minimum Gasteiger partial charge on any atom is -0.0594 e. The molecule has 0 N–H and O–H groups in total. The summed E-state index contributed by atoms with van der Waals surface area (Å²) in [7, 11) is 0. The maximum absolute atomic E-state index is 2.52. The van der Waals surface area contributed by atoms with E-state index in [0.29, 0.717) is 0 Å². The van der Waals surface area contributed by atoms with Crippen LogP contribution in [0.25, 0.3) is 0 Å². The summed E-state index contributed by atoms with van der Waals surface area (Å²) in [4.78, 5) is 0. The first-order chi connectivity index (χ1) is 4.78. The maximum atomic E-state index is 2.52. The van der Waals surface area contributed by atoms with Crippen molar-refractivity contribution < 1.29 is 0 Å². The van der Waals surface area contributed by atoms with Crippen LogP contribution in [0.1, 0.15) is 39.0 Å². The van der Waals surface area contributed by atoms with Gasteiger partial charge in [0, 0.05) is 0 Å². The van der Waals surface area contributed by atoms with Gasteiger partial charge in [-0.25, -0.2) is 0 Å². The molecule has 10 heavy (non-hydrogen) atoms. The summed E-state index contributed by atoms with van der Waals surface area (Å²) < 4.78 is 0. The molecule has 3 rings (SSSR count). The van der Waals surface area contributed by atoms with E-state index in [2.05, 4.69) is 6.92 Å². The van der Waals surface area contributed by atoms with Gasteiger partial charge in [0.2, 0.25) is 0 Å². The van der Waals surface area contributed by atoms with Crippen LogP contribution in [-0.2, 0) is 0 Å². The summed E-state index contributed by atoms with van der Waals surface area (Å²) in [5.41, 5.74) is 0.831. The molecule has 0 aromatic rings. The van der Waals surface area contributed by atoms with Gasteiger partial charge in [-0.2, -0.15) is 0 Å². The van der Waals surface area contributed by atoms with Crippen molar-refractivity contribution in [2.45, 2.75) is 39.0 Å². The molecule has 0 aromatic carbocycles. The van der Waals surface area contributed by atoms with Crippen LogP contribution in [0.4, 0.5) is 0 Å². The fraction of sp³-hybridized carbons (Fsp3) is 1.00. The van der Waals surface area contributed by atoms with E-state index in [-0.39, 0.29) is 0 Å². The topological polar surface area (TPSA) is 0 Å². The van der Waals surface area contributed by atoms with Crippen molar-refractivity contribution in [2.75, 3.05) is 0 Å². The molecular weight excluding hydrogens is 120 g/mol. The Morgan fingerprint density at radius 1 is 1.20 bits per heavy atom. The van der Waals surface area contributed by atoms with Crippen molar-refractivity contribution in [1.29, 1.82) is 0 Å². The normalized spacial score (nSPS) is 63.9. The van der Waals surface area contributed by atoms with Crippen molar-refractivity contribution in [3.05, 3.63) is 0 Å². The summed E-state index contributed by atoms with van der Waals surface area (Å²) in [6.45, 7) is 2.52. The van der Waals surface area contributed by atoms with Gasteiger partial charge in [0.1, 0.15) is 0 Å². The molecule has 0 nitrogen and oxygen atoms in total. The smallest absolute Gasteiger partial charge is 0.0295 e. The fourth-order valence-corrected chi connectivity index (χ4v) is 3.33. The SMILES string of the molecule is CC12CCC1CC1CC1C2. The third kappa shape index (κ3) is 0.538. The largest absolute Gasteiger partial charge is 0.0594 e. The average molecular weight is 136 g/mol. The highest BCUT2D eigenvalue weighted by atomic mass is 14.6. The van der Waals surface area contributed by atoms with Gasteiger partial charge in [0.05, 0.1) is 0 Å². The van der Waals surface area contributed by atoms with E-state index in [9.17, 15) is 0 Å². The lowest BCUT2D eigenvalue weighted by molar-refractivity contribution is 0.000412. The van der Waals surface area contributed by atoms with Crippen LogP contribution in [0.15, 0.2) is 0 Å². The van der Waals surface area contributed by atoms with Gasteiger partial charge in [-0.15, -0.1) is 0 Å². The van der Waals surface area contributed by atoms with Gasteiger partial charge < -0.3 is 0 Å². The molecule has 4 unspecified atom stereocenters. The fourth-order valence-electron chi connectivity index (χ4n) is 3.33. The van der Waals surface area contributed by atoms with Crippen LogP contribution in [0.5, 0.6) is 0 Å². The first kappa shape index (κ1) is 5.62. The molecule has 0 amide bonds. The Hall–Kier alpha value is 0. The number of fused-ring (bicyclic) bond motifs is 2. The predicted octanol–water partition coefficient (Wildman–Crippen LogP) is 2.83. The number of hydrogen-bond donors (Lipinski definition) is 0. The van der Waals surface area contributed by atoms with Crippen LogP contribution in [-0.4, -0.2) is 0 Å². The molecule has 0 radical (unpaired) electrons. The third-order valence-corrected chi connectivity index (χ3v) is 4.43. The standard InChI is InChI=1S/C10H16/c1-10-3-2-9(10)5-7-4-8(7)6-10/h7-9H,2-6H2,1H3. The molecule has 3 aliphatic carbocycles. The minimum absolute atomic E-state index is 0.831. The molecule has 0 heteroatoms. The first-order valence-corrected chi connectivity index (χ1v) is 4.78. The third-order valence-electron chi connectivity index (χ3n) is 4.43. The zero-order valence-corrected chi connectivity index (χ0v) is 6.77. The Morgan fingerprint density at radius 3 is 2.70 bits per heavy atom. The average Bonchev–Trinajstić information content (AvgIpc) is 2.59. The summed E-state index contributed by atoms with van der Waals surface area (Å²) >= 11 is 0. The van der Waals surface area contributed by atoms with E-state index in [4.69, 9.17) is 0 Å². The monoisotopic (exact) mass is 136 g/mol. The van der Waals surface area contributed by atoms with E-state index < -0.39 is 0 Å². The summed E-state index contributed by atoms with van der Waals surface area (Å²) in [6, 6.07) is 0. The van der Waals surface area contributed by atoms with Crippen molar-refractivity contribution in [3.63, 3.8) is 0 Å². The predicted molar refractivity (Wildman–Crippen MR) is 41.7 cm³/mol. The highest BCUT2D eigenvalue weighted by molar-refractivity contribution is 5.05. The maximum Gasteiger partial charge on any atom is -0.0295 e. The molecule has 3 fully saturated rings. The second kappa shape index (κ2) is 1.44. The Morgan fingerprint density at radius 2 is 2.10 bits per heavy atom.